The molecule has 2 amide bonds. The number of ether oxygens (including phenoxy) is 2. The van der Waals surface area contributed by atoms with Gasteiger partial charge in [-0.05, 0) is 32.9 Å². The van der Waals surface area contributed by atoms with Crippen LogP contribution in [0.15, 0.2) is 36.9 Å². The van der Waals surface area contributed by atoms with Crippen molar-refractivity contribution in [2.45, 2.75) is 32.9 Å². The van der Waals surface area contributed by atoms with Crippen molar-refractivity contribution in [3.8, 4) is 5.82 Å². The second-order valence-electron chi connectivity index (χ2n) is 8.16. The van der Waals surface area contributed by atoms with Gasteiger partial charge in [-0.25, -0.2) is 23.4 Å². The van der Waals surface area contributed by atoms with E-state index in [9.17, 15) is 23.2 Å². The van der Waals surface area contributed by atoms with Crippen molar-refractivity contribution in [3.05, 3.63) is 65.4 Å². The van der Waals surface area contributed by atoms with Gasteiger partial charge in [0.2, 0.25) is 0 Å². The molecule has 1 aromatic carbocycles. The molecule has 0 spiro atoms. The van der Waals surface area contributed by atoms with E-state index in [2.05, 4.69) is 30.6 Å². The Bertz CT molecular complexity index is 1260. The van der Waals surface area contributed by atoms with E-state index < -0.39 is 40.8 Å². The average molecular weight is 488 g/mol. The minimum absolute atomic E-state index is 0.184. The van der Waals surface area contributed by atoms with Gasteiger partial charge >= 0.3 is 12.1 Å². The number of halogens is 2. The minimum Gasteiger partial charge on any atom is -0.465 e. The third-order valence-corrected chi connectivity index (χ3v) is 4.38. The molecule has 184 valence electrons. The summed E-state index contributed by atoms with van der Waals surface area (Å²) in [7, 11) is 1.05. The van der Waals surface area contributed by atoms with Crippen LogP contribution in [0.2, 0.25) is 0 Å². The van der Waals surface area contributed by atoms with Crippen molar-refractivity contribution in [1.29, 1.82) is 0 Å². The molecular formula is C22H22F2N6O5. The number of rotatable bonds is 6. The molecule has 2 N–H and O–H groups in total. The summed E-state index contributed by atoms with van der Waals surface area (Å²) >= 11 is 0. The molecule has 11 nitrogen and oxygen atoms in total. The Morgan fingerprint density at radius 1 is 1.09 bits per heavy atom. The zero-order valence-corrected chi connectivity index (χ0v) is 19.3. The van der Waals surface area contributed by atoms with Crippen molar-refractivity contribution in [2.24, 2.45) is 0 Å². The Morgan fingerprint density at radius 2 is 1.80 bits per heavy atom. The maximum atomic E-state index is 13.8. The predicted octanol–water partition coefficient (Wildman–Crippen LogP) is 3.00. The van der Waals surface area contributed by atoms with E-state index in [0.29, 0.717) is 18.0 Å². The molecule has 0 radical (unpaired) electrons. The summed E-state index contributed by atoms with van der Waals surface area (Å²) in [5.41, 5.74) is -1.53. The summed E-state index contributed by atoms with van der Waals surface area (Å²) in [5, 5.41) is 12.8. The number of imidazole rings is 1. The van der Waals surface area contributed by atoms with Crippen LogP contribution in [0.25, 0.3) is 5.82 Å². The summed E-state index contributed by atoms with van der Waals surface area (Å²) in [4.78, 5) is 41.1. The van der Waals surface area contributed by atoms with Gasteiger partial charge in [0.25, 0.3) is 5.91 Å². The third kappa shape index (κ3) is 6.34. The lowest BCUT2D eigenvalue weighted by atomic mass is 10.1. The first-order chi connectivity index (χ1) is 16.5. The molecule has 2 aromatic heterocycles. The van der Waals surface area contributed by atoms with Crippen LogP contribution in [-0.2, 0) is 16.0 Å². The van der Waals surface area contributed by atoms with Crippen molar-refractivity contribution >= 4 is 23.7 Å². The first kappa shape index (κ1) is 25.2. The highest BCUT2D eigenvalue weighted by Gasteiger charge is 2.23. The van der Waals surface area contributed by atoms with E-state index >= 15 is 0 Å². The highest BCUT2D eigenvalue weighted by Crippen LogP contribution is 2.22. The molecule has 13 heteroatoms. The Hall–Kier alpha value is -4.42. The fraction of sp³-hybridized carbons (Fsp3) is 0.273. The van der Waals surface area contributed by atoms with Gasteiger partial charge < -0.3 is 20.1 Å². The van der Waals surface area contributed by atoms with E-state index in [-0.39, 0.29) is 23.5 Å². The fourth-order valence-electron chi connectivity index (χ4n) is 2.86. The van der Waals surface area contributed by atoms with Gasteiger partial charge in [0, 0.05) is 30.6 Å². The fourth-order valence-corrected chi connectivity index (χ4v) is 2.86. The number of hydrogen-bond donors (Lipinski definition) is 2. The van der Waals surface area contributed by atoms with Crippen molar-refractivity contribution in [3.63, 3.8) is 0 Å². The van der Waals surface area contributed by atoms with Crippen molar-refractivity contribution in [2.75, 3.05) is 12.4 Å². The number of nitrogens with zero attached hydrogens (tertiary/aromatic N) is 4. The van der Waals surface area contributed by atoms with E-state index in [1.54, 1.807) is 27.0 Å². The molecule has 0 aliphatic carbocycles. The van der Waals surface area contributed by atoms with Crippen LogP contribution >= 0.6 is 0 Å². The lowest BCUT2D eigenvalue weighted by Crippen LogP contribution is -2.33. The maximum Gasteiger partial charge on any atom is 0.407 e. The number of amides is 2. The molecule has 0 saturated heterocycles. The van der Waals surface area contributed by atoms with E-state index in [1.165, 1.54) is 23.2 Å². The normalized spacial score (nSPS) is 11.0. The standard InChI is InChI=1S/C22H22F2N6O5/c1-22(2,3)35-21(33)26-10-12-7-17(30-6-5-25-11-30)28-29-18(12)19(31)27-16-9-15(24)14(23)8-13(16)20(32)34-4/h5-9,11H,10H2,1-4H3,(H,26,33)(H,27,31). The average Bonchev–Trinajstić information content (AvgIpc) is 3.33. The minimum atomic E-state index is -1.30. The number of alkyl carbamates (subject to hydrolysis) is 1. The van der Waals surface area contributed by atoms with Crippen molar-refractivity contribution in [1.82, 2.24) is 25.1 Å². The smallest absolute Gasteiger partial charge is 0.407 e. The van der Waals surface area contributed by atoms with E-state index in [1.807, 2.05) is 0 Å². The summed E-state index contributed by atoms with van der Waals surface area (Å²) in [6.07, 6.45) is 3.83. The Kier molecular flexibility index (Phi) is 7.37. The summed E-state index contributed by atoms with van der Waals surface area (Å²) < 4.78 is 38.8. The van der Waals surface area contributed by atoms with Crippen LogP contribution in [0.4, 0.5) is 19.3 Å². The molecule has 2 heterocycles. The largest absolute Gasteiger partial charge is 0.465 e. The van der Waals surface area contributed by atoms with E-state index in [0.717, 1.165) is 7.11 Å². The van der Waals surface area contributed by atoms with Crippen LogP contribution in [0.3, 0.4) is 0 Å². The molecular weight excluding hydrogens is 466 g/mol. The first-order valence-electron chi connectivity index (χ1n) is 10.2. The van der Waals surface area contributed by atoms with Crippen LogP contribution in [-0.4, -0.2) is 50.4 Å². The van der Waals surface area contributed by atoms with Gasteiger partial charge in [-0.1, -0.05) is 0 Å². The maximum absolute atomic E-state index is 13.8. The number of anilines is 1. The number of esters is 1. The van der Waals surface area contributed by atoms with Gasteiger partial charge in [-0.2, -0.15) is 0 Å². The molecule has 0 aliphatic rings. The predicted molar refractivity (Wildman–Crippen MR) is 118 cm³/mol. The highest BCUT2D eigenvalue weighted by molar-refractivity contribution is 6.07. The molecule has 35 heavy (non-hydrogen) atoms. The van der Waals surface area contributed by atoms with E-state index in [4.69, 9.17) is 4.74 Å². The Balaban J connectivity index is 1.94. The molecule has 3 aromatic rings. The molecule has 0 unspecified atom stereocenters. The topological polar surface area (TPSA) is 137 Å². The summed E-state index contributed by atoms with van der Waals surface area (Å²) in [6, 6.07) is 2.73. The van der Waals surface area contributed by atoms with Crippen LogP contribution < -0.4 is 10.6 Å². The monoisotopic (exact) mass is 488 g/mol. The quantitative estimate of drug-likeness (QED) is 0.505. The van der Waals surface area contributed by atoms with Gasteiger partial charge in [-0.3, -0.25) is 9.36 Å². The molecule has 0 fully saturated rings. The lowest BCUT2D eigenvalue weighted by Gasteiger charge is -2.20. The number of methoxy groups -OCH3 is 1. The van der Waals surface area contributed by atoms with Crippen LogP contribution in [0, 0.1) is 11.6 Å². The molecule has 0 atom stereocenters. The van der Waals surface area contributed by atoms with Crippen molar-refractivity contribution < 1.29 is 32.6 Å². The van der Waals surface area contributed by atoms with Gasteiger partial charge in [0.05, 0.1) is 18.4 Å². The lowest BCUT2D eigenvalue weighted by molar-refractivity contribution is 0.0521. The molecule has 0 saturated carbocycles. The SMILES string of the molecule is COC(=O)c1cc(F)c(F)cc1NC(=O)c1nnc(-n2ccnc2)cc1CNC(=O)OC(C)(C)C. The second-order valence-corrected chi connectivity index (χ2v) is 8.16. The molecule has 0 aliphatic heterocycles. The molecule has 3 rings (SSSR count). The second kappa shape index (κ2) is 10.2. The van der Waals surface area contributed by atoms with Gasteiger partial charge in [0.1, 0.15) is 11.9 Å². The summed E-state index contributed by atoms with van der Waals surface area (Å²) in [6.45, 7) is 4.89. The number of nitrogens with one attached hydrogen (secondary N) is 2. The number of hydrogen-bond acceptors (Lipinski definition) is 8. The number of aromatic nitrogens is 4. The van der Waals surface area contributed by atoms with Crippen LogP contribution in [0.5, 0.6) is 0 Å². The zero-order chi connectivity index (χ0) is 25.8. The number of carbonyl (C=O) groups is 3. The van der Waals surface area contributed by atoms with Gasteiger partial charge in [0.15, 0.2) is 23.1 Å². The highest BCUT2D eigenvalue weighted by atomic mass is 19.2. The van der Waals surface area contributed by atoms with Gasteiger partial charge in [-0.15, -0.1) is 10.2 Å². The third-order valence-electron chi connectivity index (χ3n) is 4.38. The Labute approximate surface area is 198 Å². The number of carbonyl (C=O) groups excluding carboxylic acids is 3. The zero-order valence-electron chi connectivity index (χ0n) is 19.3. The Morgan fingerprint density at radius 3 is 2.43 bits per heavy atom. The number of benzene rings is 1. The summed E-state index contributed by atoms with van der Waals surface area (Å²) in [5.74, 6) is -4.18. The van der Waals surface area contributed by atoms with Crippen LogP contribution in [0.1, 0.15) is 47.2 Å². The molecule has 0 bridgehead atoms. The first-order valence-corrected chi connectivity index (χ1v) is 10.2.